The molecule has 0 aliphatic heterocycles. The molecule has 0 N–H and O–H groups in total. The third-order valence-corrected chi connectivity index (χ3v) is 2.76. The van der Waals surface area contributed by atoms with Gasteiger partial charge in [0, 0.05) is 12.7 Å². The Morgan fingerprint density at radius 1 is 1.29 bits per heavy atom. The number of thiol groups is 1. The lowest BCUT2D eigenvalue weighted by Gasteiger charge is -2.20. The molecule has 0 saturated heterocycles. The van der Waals surface area contributed by atoms with E-state index in [2.05, 4.69) is 36.6 Å². The van der Waals surface area contributed by atoms with E-state index in [1.165, 1.54) is 11.3 Å². The Bertz CT molecular complexity index is 325. The highest BCUT2D eigenvalue weighted by Crippen LogP contribution is 2.27. The molecule has 1 aromatic rings. The molecule has 0 heterocycles. The number of benzene rings is 1. The topological polar surface area (TPSA) is 12.5 Å². The van der Waals surface area contributed by atoms with Crippen LogP contribution in [0.2, 0.25) is 0 Å². The van der Waals surface area contributed by atoms with Gasteiger partial charge in [0.15, 0.2) is 0 Å². The van der Waals surface area contributed by atoms with Crippen molar-refractivity contribution in [1.29, 1.82) is 0 Å². The first kappa shape index (κ1) is 11.2. The lowest BCUT2D eigenvalue weighted by molar-refractivity contribution is 0.411. The van der Waals surface area contributed by atoms with Crippen LogP contribution < -0.4 is 9.64 Å². The van der Waals surface area contributed by atoms with Crippen LogP contribution in [0.15, 0.2) is 12.1 Å². The molecule has 1 aromatic carbocycles. The fourth-order valence-corrected chi connectivity index (χ4v) is 1.63. The molecule has 0 atom stereocenters. The number of hydrogen-bond donors (Lipinski definition) is 1. The van der Waals surface area contributed by atoms with Crippen molar-refractivity contribution in [3.05, 3.63) is 23.3 Å². The van der Waals surface area contributed by atoms with Crippen molar-refractivity contribution < 1.29 is 4.74 Å². The molecular formula is C11H17NOS. The van der Waals surface area contributed by atoms with Crippen molar-refractivity contribution in [2.45, 2.75) is 13.8 Å². The molecular weight excluding hydrogens is 194 g/mol. The standard InChI is InChI=1S/C11H17NOS/c1-8-6-11(13-4)9(2)5-10(8)12(3)7-14/h5-6,14H,7H2,1-4H3. The average molecular weight is 211 g/mol. The SMILES string of the molecule is COc1cc(C)c(N(C)CS)cc1C. The Balaban J connectivity index is 3.14. The summed E-state index contributed by atoms with van der Waals surface area (Å²) < 4.78 is 5.26. The minimum absolute atomic E-state index is 0.715. The zero-order valence-electron chi connectivity index (χ0n) is 9.16. The maximum atomic E-state index is 5.26. The normalized spacial score (nSPS) is 10.1. The van der Waals surface area contributed by atoms with E-state index in [4.69, 9.17) is 4.74 Å². The van der Waals surface area contributed by atoms with E-state index in [9.17, 15) is 0 Å². The Morgan fingerprint density at radius 2 is 1.93 bits per heavy atom. The molecule has 0 spiro atoms. The maximum absolute atomic E-state index is 5.26. The zero-order chi connectivity index (χ0) is 10.7. The van der Waals surface area contributed by atoms with Crippen molar-refractivity contribution in [3.63, 3.8) is 0 Å². The van der Waals surface area contributed by atoms with E-state index in [1.807, 2.05) is 14.0 Å². The molecule has 0 bridgehead atoms. The summed E-state index contributed by atoms with van der Waals surface area (Å²) >= 11 is 4.25. The lowest BCUT2D eigenvalue weighted by Crippen LogP contribution is -2.15. The second-order valence-corrected chi connectivity index (χ2v) is 3.73. The Hall–Kier alpha value is -0.830. The van der Waals surface area contributed by atoms with Crippen LogP contribution in [-0.4, -0.2) is 20.0 Å². The third kappa shape index (κ3) is 2.15. The van der Waals surface area contributed by atoms with Crippen LogP contribution in [0.3, 0.4) is 0 Å². The number of hydrogen-bond acceptors (Lipinski definition) is 3. The van der Waals surface area contributed by atoms with E-state index in [1.54, 1.807) is 7.11 Å². The van der Waals surface area contributed by atoms with E-state index < -0.39 is 0 Å². The molecule has 78 valence electrons. The average Bonchev–Trinajstić information content (AvgIpc) is 2.19. The molecule has 1 rings (SSSR count). The quantitative estimate of drug-likeness (QED) is 0.609. The van der Waals surface area contributed by atoms with Gasteiger partial charge in [-0.25, -0.2) is 0 Å². The summed E-state index contributed by atoms with van der Waals surface area (Å²) in [5, 5.41) is 0. The highest BCUT2D eigenvalue weighted by molar-refractivity contribution is 7.80. The summed E-state index contributed by atoms with van der Waals surface area (Å²) in [6.45, 7) is 4.13. The first-order valence-corrected chi connectivity index (χ1v) is 5.20. The molecule has 0 aromatic heterocycles. The van der Waals surface area contributed by atoms with Gasteiger partial charge in [-0.2, -0.15) is 12.6 Å². The molecule has 3 heteroatoms. The number of aryl methyl sites for hydroxylation is 2. The molecule has 0 radical (unpaired) electrons. The van der Waals surface area contributed by atoms with Crippen LogP contribution in [0.5, 0.6) is 5.75 Å². The Kier molecular flexibility index (Phi) is 3.69. The summed E-state index contributed by atoms with van der Waals surface area (Å²) in [4.78, 5) is 2.10. The van der Waals surface area contributed by atoms with E-state index in [0.717, 1.165) is 11.3 Å². The number of nitrogens with zero attached hydrogens (tertiary/aromatic N) is 1. The molecule has 0 aliphatic rings. The van der Waals surface area contributed by atoms with Gasteiger partial charge >= 0.3 is 0 Å². The van der Waals surface area contributed by atoms with E-state index in [-0.39, 0.29) is 0 Å². The van der Waals surface area contributed by atoms with Crippen LogP contribution in [0.1, 0.15) is 11.1 Å². The molecule has 0 saturated carbocycles. The first-order chi connectivity index (χ1) is 6.60. The zero-order valence-corrected chi connectivity index (χ0v) is 10.1. The minimum atomic E-state index is 0.715. The van der Waals surface area contributed by atoms with Crippen molar-refractivity contribution >= 4 is 18.3 Å². The first-order valence-electron chi connectivity index (χ1n) is 4.57. The molecule has 2 nitrogen and oxygen atoms in total. The number of methoxy groups -OCH3 is 1. The highest BCUT2D eigenvalue weighted by atomic mass is 32.1. The van der Waals surface area contributed by atoms with Gasteiger partial charge in [0.25, 0.3) is 0 Å². The smallest absolute Gasteiger partial charge is 0.122 e. The van der Waals surface area contributed by atoms with Crippen molar-refractivity contribution in [3.8, 4) is 5.75 Å². The minimum Gasteiger partial charge on any atom is -0.496 e. The Labute approximate surface area is 91.3 Å². The fraction of sp³-hybridized carbons (Fsp3) is 0.455. The van der Waals surface area contributed by atoms with Gasteiger partial charge in [0.2, 0.25) is 0 Å². The second kappa shape index (κ2) is 4.60. The number of ether oxygens (including phenoxy) is 1. The lowest BCUT2D eigenvalue weighted by atomic mass is 10.1. The molecule has 0 fully saturated rings. The summed E-state index contributed by atoms with van der Waals surface area (Å²) in [6, 6.07) is 4.19. The largest absolute Gasteiger partial charge is 0.496 e. The molecule has 0 unspecified atom stereocenters. The summed E-state index contributed by atoms with van der Waals surface area (Å²) in [6.07, 6.45) is 0. The van der Waals surface area contributed by atoms with Crippen molar-refractivity contribution in [2.75, 3.05) is 24.9 Å². The monoisotopic (exact) mass is 211 g/mol. The van der Waals surface area contributed by atoms with Crippen LogP contribution in [-0.2, 0) is 0 Å². The van der Waals surface area contributed by atoms with Gasteiger partial charge in [-0.15, -0.1) is 0 Å². The third-order valence-electron chi connectivity index (χ3n) is 2.34. The summed E-state index contributed by atoms with van der Waals surface area (Å²) in [5.41, 5.74) is 3.57. The van der Waals surface area contributed by atoms with Gasteiger partial charge in [-0.1, -0.05) is 0 Å². The number of anilines is 1. The van der Waals surface area contributed by atoms with Crippen LogP contribution >= 0.6 is 12.6 Å². The van der Waals surface area contributed by atoms with Gasteiger partial charge < -0.3 is 9.64 Å². The fourth-order valence-electron chi connectivity index (χ4n) is 1.48. The predicted octanol–water partition coefficient (Wildman–Crippen LogP) is 2.64. The van der Waals surface area contributed by atoms with Crippen LogP contribution in [0.25, 0.3) is 0 Å². The Morgan fingerprint density at radius 3 is 2.43 bits per heavy atom. The predicted molar refractivity (Wildman–Crippen MR) is 64.7 cm³/mol. The summed E-state index contributed by atoms with van der Waals surface area (Å²) in [7, 11) is 3.73. The van der Waals surface area contributed by atoms with Gasteiger partial charge in [-0.3, -0.25) is 0 Å². The maximum Gasteiger partial charge on any atom is 0.122 e. The van der Waals surface area contributed by atoms with Gasteiger partial charge in [-0.05, 0) is 37.1 Å². The van der Waals surface area contributed by atoms with Gasteiger partial charge in [0.1, 0.15) is 5.75 Å². The van der Waals surface area contributed by atoms with Crippen LogP contribution in [0.4, 0.5) is 5.69 Å². The van der Waals surface area contributed by atoms with E-state index in [0.29, 0.717) is 5.88 Å². The van der Waals surface area contributed by atoms with Crippen molar-refractivity contribution in [1.82, 2.24) is 0 Å². The van der Waals surface area contributed by atoms with E-state index >= 15 is 0 Å². The highest BCUT2D eigenvalue weighted by Gasteiger charge is 2.07. The number of rotatable bonds is 3. The second-order valence-electron chi connectivity index (χ2n) is 3.45. The molecule has 0 aliphatic carbocycles. The summed E-state index contributed by atoms with van der Waals surface area (Å²) in [5.74, 6) is 1.66. The van der Waals surface area contributed by atoms with Crippen molar-refractivity contribution in [2.24, 2.45) is 0 Å². The van der Waals surface area contributed by atoms with Crippen LogP contribution in [0, 0.1) is 13.8 Å². The van der Waals surface area contributed by atoms with Gasteiger partial charge in [0.05, 0.1) is 13.0 Å². The molecule has 0 amide bonds. The molecule has 14 heavy (non-hydrogen) atoms.